The number of hydrogen-bond donors (Lipinski definition) is 2. The minimum atomic E-state index is -0.444. The van der Waals surface area contributed by atoms with Crippen LogP contribution in [0.2, 0.25) is 5.02 Å². The van der Waals surface area contributed by atoms with Gasteiger partial charge in [0.1, 0.15) is 5.69 Å². The predicted octanol–water partition coefficient (Wildman–Crippen LogP) is 4.25. The molecule has 3 rings (SSSR count). The summed E-state index contributed by atoms with van der Waals surface area (Å²) in [5.74, 6) is -0.444. The number of ether oxygens (including phenoxy) is 1. The van der Waals surface area contributed by atoms with E-state index in [1.54, 1.807) is 6.92 Å². The van der Waals surface area contributed by atoms with E-state index >= 15 is 0 Å². The Morgan fingerprint density at radius 3 is 2.73 bits per heavy atom. The number of nitrogens with two attached hydrogens (primary N) is 1. The molecule has 0 radical (unpaired) electrons. The number of rotatable bonds is 3. The molecule has 2 aromatic carbocycles. The highest BCUT2D eigenvalue weighted by molar-refractivity contribution is 6.30. The van der Waals surface area contributed by atoms with Crippen molar-refractivity contribution in [2.24, 2.45) is 0 Å². The summed E-state index contributed by atoms with van der Waals surface area (Å²) in [6.45, 7) is 2.06. The number of benzene rings is 2. The fraction of sp³-hybridized carbons (Fsp3) is 0.118. The Bertz CT molecular complexity index is 855. The lowest BCUT2D eigenvalue weighted by atomic mass is 10.0. The minimum absolute atomic E-state index is 0.292. The molecule has 0 aliphatic heterocycles. The maximum Gasteiger partial charge on any atom is 0.356 e. The van der Waals surface area contributed by atoms with Crippen molar-refractivity contribution in [3.05, 3.63) is 53.2 Å². The van der Waals surface area contributed by atoms with Gasteiger partial charge in [-0.3, -0.25) is 0 Å². The maximum atomic E-state index is 11.9. The van der Waals surface area contributed by atoms with Gasteiger partial charge in [-0.15, -0.1) is 0 Å². The number of H-pyrrole nitrogens is 1. The number of fused-ring (bicyclic) bond motifs is 1. The van der Waals surface area contributed by atoms with Crippen molar-refractivity contribution in [2.75, 3.05) is 12.3 Å². The zero-order chi connectivity index (χ0) is 15.7. The first-order chi connectivity index (χ1) is 10.6. The van der Waals surface area contributed by atoms with Gasteiger partial charge in [0, 0.05) is 15.9 Å². The number of halogens is 1. The molecule has 0 aliphatic carbocycles. The Balaban J connectivity index is 2.09. The highest BCUT2D eigenvalue weighted by Gasteiger charge is 2.16. The van der Waals surface area contributed by atoms with Gasteiger partial charge in [0.2, 0.25) is 0 Å². The Kier molecular flexibility index (Phi) is 3.77. The number of nitrogen functional groups attached to an aromatic ring is 1. The average Bonchev–Trinajstić information content (AvgIpc) is 2.84. The van der Waals surface area contributed by atoms with Crippen molar-refractivity contribution in [3.8, 4) is 11.1 Å². The number of aromatic amines is 1. The van der Waals surface area contributed by atoms with Crippen molar-refractivity contribution in [1.29, 1.82) is 0 Å². The fourth-order valence-corrected chi connectivity index (χ4v) is 2.62. The standard InChI is InChI=1S/C17H15ClN2O2/c1-2-22-17(21)16-15(19)13-7-6-11(9-14(13)20-16)10-4-3-5-12(18)8-10/h3-9,20H,2,19H2,1H3. The largest absolute Gasteiger partial charge is 0.461 e. The molecule has 0 unspecified atom stereocenters. The average molecular weight is 315 g/mol. The normalized spacial score (nSPS) is 10.8. The van der Waals surface area contributed by atoms with E-state index in [0.717, 1.165) is 22.0 Å². The van der Waals surface area contributed by atoms with Crippen molar-refractivity contribution in [1.82, 2.24) is 4.98 Å². The van der Waals surface area contributed by atoms with Gasteiger partial charge in [-0.1, -0.05) is 35.9 Å². The van der Waals surface area contributed by atoms with Crippen LogP contribution in [-0.2, 0) is 4.74 Å². The quantitative estimate of drug-likeness (QED) is 0.710. The summed E-state index contributed by atoms with van der Waals surface area (Å²) in [5, 5.41) is 1.48. The molecule has 112 valence electrons. The fourth-order valence-electron chi connectivity index (χ4n) is 2.43. The van der Waals surface area contributed by atoms with Crippen LogP contribution < -0.4 is 5.73 Å². The summed E-state index contributed by atoms with van der Waals surface area (Å²) in [4.78, 5) is 14.9. The Morgan fingerprint density at radius 2 is 2.00 bits per heavy atom. The number of hydrogen-bond acceptors (Lipinski definition) is 3. The van der Waals surface area contributed by atoms with E-state index in [1.165, 1.54) is 0 Å². The molecular formula is C17H15ClN2O2. The highest BCUT2D eigenvalue weighted by Crippen LogP contribution is 2.30. The third-order valence-corrected chi connectivity index (χ3v) is 3.71. The van der Waals surface area contributed by atoms with Gasteiger partial charge in [0.05, 0.1) is 12.3 Å². The first-order valence-electron chi connectivity index (χ1n) is 6.94. The van der Waals surface area contributed by atoms with Gasteiger partial charge in [0.25, 0.3) is 0 Å². The van der Waals surface area contributed by atoms with Crippen LogP contribution in [0.25, 0.3) is 22.0 Å². The summed E-state index contributed by atoms with van der Waals surface area (Å²) < 4.78 is 5.00. The predicted molar refractivity (Wildman–Crippen MR) is 89.1 cm³/mol. The molecule has 5 heteroatoms. The van der Waals surface area contributed by atoms with Crippen LogP contribution in [0.5, 0.6) is 0 Å². The van der Waals surface area contributed by atoms with Crippen LogP contribution in [0, 0.1) is 0 Å². The SMILES string of the molecule is CCOC(=O)c1[nH]c2cc(-c3cccc(Cl)c3)ccc2c1N. The van der Waals surface area contributed by atoms with Crippen molar-refractivity contribution in [3.63, 3.8) is 0 Å². The second-order valence-electron chi connectivity index (χ2n) is 4.90. The van der Waals surface area contributed by atoms with Gasteiger partial charge < -0.3 is 15.5 Å². The smallest absolute Gasteiger partial charge is 0.356 e. The van der Waals surface area contributed by atoms with E-state index in [1.807, 2.05) is 42.5 Å². The molecule has 0 saturated heterocycles. The number of nitrogens with one attached hydrogen (secondary N) is 1. The van der Waals surface area contributed by atoms with Crippen LogP contribution in [-0.4, -0.2) is 17.6 Å². The van der Waals surface area contributed by atoms with Crippen molar-refractivity contribution >= 4 is 34.2 Å². The Morgan fingerprint density at radius 1 is 1.23 bits per heavy atom. The Labute approximate surface area is 132 Å². The van der Waals surface area contributed by atoms with Crippen LogP contribution in [0.4, 0.5) is 5.69 Å². The van der Waals surface area contributed by atoms with E-state index in [9.17, 15) is 4.79 Å². The summed E-state index contributed by atoms with van der Waals surface area (Å²) in [5.41, 5.74) is 9.51. The molecule has 0 atom stereocenters. The maximum absolute atomic E-state index is 11.9. The first-order valence-corrected chi connectivity index (χ1v) is 7.32. The van der Waals surface area contributed by atoms with E-state index in [4.69, 9.17) is 22.1 Å². The molecule has 1 aromatic heterocycles. The monoisotopic (exact) mass is 314 g/mol. The van der Waals surface area contributed by atoms with Crippen LogP contribution in [0.3, 0.4) is 0 Å². The lowest BCUT2D eigenvalue weighted by molar-refractivity contribution is 0.0522. The van der Waals surface area contributed by atoms with Gasteiger partial charge in [-0.25, -0.2) is 4.79 Å². The third-order valence-electron chi connectivity index (χ3n) is 3.48. The molecular weight excluding hydrogens is 300 g/mol. The number of carbonyl (C=O) groups excluding carboxylic acids is 1. The minimum Gasteiger partial charge on any atom is -0.461 e. The molecule has 0 bridgehead atoms. The highest BCUT2D eigenvalue weighted by atomic mass is 35.5. The lowest BCUT2D eigenvalue weighted by Crippen LogP contribution is -2.07. The summed E-state index contributed by atoms with van der Waals surface area (Å²) in [6.07, 6.45) is 0. The van der Waals surface area contributed by atoms with Crippen LogP contribution in [0.1, 0.15) is 17.4 Å². The summed E-state index contributed by atoms with van der Waals surface area (Å²) >= 11 is 6.03. The molecule has 0 spiro atoms. The molecule has 0 aliphatic rings. The number of aromatic nitrogens is 1. The molecule has 0 amide bonds. The molecule has 22 heavy (non-hydrogen) atoms. The van der Waals surface area contributed by atoms with Gasteiger partial charge >= 0.3 is 5.97 Å². The van der Waals surface area contributed by atoms with Crippen LogP contribution >= 0.6 is 11.6 Å². The molecule has 3 aromatic rings. The van der Waals surface area contributed by atoms with Gasteiger partial charge in [-0.05, 0) is 36.2 Å². The molecule has 0 fully saturated rings. The zero-order valence-electron chi connectivity index (χ0n) is 12.0. The lowest BCUT2D eigenvalue weighted by Gasteiger charge is -2.02. The summed E-state index contributed by atoms with van der Waals surface area (Å²) in [7, 11) is 0. The van der Waals surface area contributed by atoms with E-state index in [2.05, 4.69) is 4.98 Å². The molecule has 1 heterocycles. The first kappa shape index (κ1) is 14.5. The second-order valence-corrected chi connectivity index (χ2v) is 5.34. The van der Waals surface area contributed by atoms with E-state index in [-0.39, 0.29) is 0 Å². The van der Waals surface area contributed by atoms with Gasteiger partial charge in [0.15, 0.2) is 0 Å². The van der Waals surface area contributed by atoms with Crippen LogP contribution in [0.15, 0.2) is 42.5 Å². The third kappa shape index (κ3) is 2.53. The van der Waals surface area contributed by atoms with Crippen molar-refractivity contribution < 1.29 is 9.53 Å². The van der Waals surface area contributed by atoms with Gasteiger partial charge in [-0.2, -0.15) is 0 Å². The number of esters is 1. The van der Waals surface area contributed by atoms with Crippen molar-refractivity contribution in [2.45, 2.75) is 6.92 Å². The summed E-state index contributed by atoms with van der Waals surface area (Å²) in [6, 6.07) is 13.4. The molecule has 3 N–H and O–H groups in total. The zero-order valence-corrected chi connectivity index (χ0v) is 12.8. The molecule has 0 saturated carbocycles. The second kappa shape index (κ2) is 5.73. The Hall–Kier alpha value is -2.46. The number of carbonyl (C=O) groups is 1. The van der Waals surface area contributed by atoms with E-state index < -0.39 is 5.97 Å². The molecule has 4 nitrogen and oxygen atoms in total. The number of anilines is 1. The topological polar surface area (TPSA) is 68.1 Å². The van der Waals surface area contributed by atoms with E-state index in [0.29, 0.717) is 23.0 Å².